The summed E-state index contributed by atoms with van der Waals surface area (Å²) in [6, 6.07) is 11.5. The lowest BCUT2D eigenvalue weighted by atomic mass is 9.84. The molecule has 6 rings (SSSR count). The summed E-state index contributed by atoms with van der Waals surface area (Å²) in [6.07, 6.45) is 3.85. The molecule has 1 atom stereocenters. The number of amidine groups is 1. The maximum atomic E-state index is 13.6. The quantitative estimate of drug-likeness (QED) is 0.703. The Bertz CT molecular complexity index is 1130. The molecule has 2 bridgehead atoms. The van der Waals surface area contributed by atoms with Crippen molar-refractivity contribution in [2.24, 2.45) is 16.8 Å². The molecule has 1 saturated carbocycles. The number of carbonyl (C=O) groups is 2. The van der Waals surface area contributed by atoms with Crippen molar-refractivity contribution in [1.29, 1.82) is 0 Å². The molecule has 34 heavy (non-hydrogen) atoms. The molecule has 0 spiro atoms. The minimum atomic E-state index is -1.07. The third-order valence-electron chi connectivity index (χ3n) is 7.23. The summed E-state index contributed by atoms with van der Waals surface area (Å²) in [5.41, 5.74) is 2.55. The van der Waals surface area contributed by atoms with Crippen LogP contribution in [0.1, 0.15) is 36.8 Å². The highest BCUT2D eigenvalue weighted by molar-refractivity contribution is 6.12. The molecule has 1 unspecified atom stereocenters. The molecule has 3 fully saturated rings. The van der Waals surface area contributed by atoms with Gasteiger partial charge in [-0.15, -0.1) is 0 Å². The number of rotatable bonds is 2. The second kappa shape index (κ2) is 9.08. The van der Waals surface area contributed by atoms with Crippen molar-refractivity contribution in [3.8, 4) is 0 Å². The van der Waals surface area contributed by atoms with Gasteiger partial charge in [-0.2, -0.15) is 0 Å². The monoisotopic (exact) mass is 463 g/mol. The standard InChI is InChI=1S/C26H30FN5O2/c1-16-13-19(11-12-21(16)27)28-26(34)30-23-25(33)31(2)22-6-4-3-5-20(22)24(29-23)32-14-17-7-8-18(15-32)10-9-17/h3-6,11-13,17-18,23H,7-10,14-15H2,1-2H3,(H2,28,30,34). The Morgan fingerprint density at radius 1 is 1.06 bits per heavy atom. The van der Waals surface area contributed by atoms with Gasteiger partial charge in [0.05, 0.1) is 5.69 Å². The average molecular weight is 464 g/mol. The van der Waals surface area contributed by atoms with Crippen LogP contribution in [0.3, 0.4) is 0 Å². The van der Waals surface area contributed by atoms with E-state index >= 15 is 0 Å². The lowest BCUT2D eigenvalue weighted by molar-refractivity contribution is -0.119. The lowest BCUT2D eigenvalue weighted by Crippen LogP contribution is -2.47. The number of amides is 3. The summed E-state index contributed by atoms with van der Waals surface area (Å²) in [5.74, 6) is 1.36. The Balaban J connectivity index is 1.45. The highest BCUT2D eigenvalue weighted by Crippen LogP contribution is 2.36. The Morgan fingerprint density at radius 2 is 1.74 bits per heavy atom. The predicted octanol–water partition coefficient (Wildman–Crippen LogP) is 4.13. The zero-order valence-electron chi connectivity index (χ0n) is 19.6. The highest BCUT2D eigenvalue weighted by Gasteiger charge is 2.36. The fourth-order valence-electron chi connectivity index (χ4n) is 5.33. The van der Waals surface area contributed by atoms with E-state index in [1.54, 1.807) is 24.9 Å². The summed E-state index contributed by atoms with van der Waals surface area (Å²) >= 11 is 0. The summed E-state index contributed by atoms with van der Waals surface area (Å²) in [4.78, 5) is 34.9. The van der Waals surface area contributed by atoms with Gasteiger partial charge in [-0.25, -0.2) is 14.2 Å². The van der Waals surface area contributed by atoms with Crippen molar-refractivity contribution in [2.75, 3.05) is 30.4 Å². The highest BCUT2D eigenvalue weighted by atomic mass is 19.1. The molecule has 0 radical (unpaired) electrons. The van der Waals surface area contributed by atoms with E-state index < -0.39 is 12.2 Å². The number of benzodiazepines with no additional fused rings is 1. The van der Waals surface area contributed by atoms with E-state index in [2.05, 4.69) is 15.5 Å². The molecule has 3 aliphatic heterocycles. The molecule has 8 heteroatoms. The summed E-state index contributed by atoms with van der Waals surface area (Å²) in [6.45, 7) is 3.45. The number of para-hydroxylation sites is 1. The maximum Gasteiger partial charge on any atom is 0.321 e. The zero-order chi connectivity index (χ0) is 23.8. The van der Waals surface area contributed by atoms with Crippen LogP contribution in [0.4, 0.5) is 20.6 Å². The van der Waals surface area contributed by atoms with Gasteiger partial charge in [-0.05, 0) is 80.3 Å². The van der Waals surface area contributed by atoms with E-state index in [-0.39, 0.29) is 11.7 Å². The molecule has 178 valence electrons. The van der Waals surface area contributed by atoms with Crippen LogP contribution in [0.2, 0.25) is 0 Å². The van der Waals surface area contributed by atoms with Gasteiger partial charge in [0, 0.05) is 31.4 Å². The van der Waals surface area contributed by atoms with Crippen molar-refractivity contribution in [3.05, 3.63) is 59.4 Å². The summed E-state index contributed by atoms with van der Waals surface area (Å²) in [7, 11) is 1.71. The number of urea groups is 1. The number of halogens is 1. The maximum absolute atomic E-state index is 13.6. The number of anilines is 2. The van der Waals surface area contributed by atoms with E-state index in [0.29, 0.717) is 23.1 Å². The number of hydrogen-bond acceptors (Lipinski definition) is 4. The SMILES string of the molecule is Cc1cc(NC(=O)NC2N=C(N3CC4CCC(CC4)C3)c3ccccc3N(C)C2=O)ccc1F. The number of carbonyl (C=O) groups excluding carboxylic acids is 2. The van der Waals surface area contributed by atoms with Gasteiger partial charge in [0.1, 0.15) is 11.7 Å². The second-order valence-corrected chi connectivity index (χ2v) is 9.62. The molecule has 2 N–H and O–H groups in total. The second-order valence-electron chi connectivity index (χ2n) is 9.62. The zero-order valence-corrected chi connectivity index (χ0v) is 19.6. The van der Waals surface area contributed by atoms with Gasteiger partial charge in [-0.3, -0.25) is 4.79 Å². The number of benzene rings is 2. The Hall–Kier alpha value is -3.42. The molecule has 2 aromatic carbocycles. The lowest BCUT2D eigenvalue weighted by Gasteiger charge is -2.27. The van der Waals surface area contributed by atoms with E-state index in [1.165, 1.54) is 37.8 Å². The first-order valence-corrected chi connectivity index (χ1v) is 11.9. The molecule has 0 aromatic heterocycles. The number of hydrogen-bond donors (Lipinski definition) is 2. The Morgan fingerprint density at radius 3 is 2.41 bits per heavy atom. The molecule has 3 amide bonds. The first-order chi connectivity index (χ1) is 16.4. The molecule has 7 nitrogen and oxygen atoms in total. The minimum absolute atomic E-state index is 0.314. The normalized spacial score (nSPS) is 24.1. The van der Waals surface area contributed by atoms with Crippen LogP contribution in [0, 0.1) is 24.6 Å². The van der Waals surface area contributed by atoms with Crippen LogP contribution in [-0.2, 0) is 4.79 Å². The number of nitrogens with zero attached hydrogens (tertiary/aromatic N) is 3. The molecule has 1 aliphatic carbocycles. The molecule has 4 aliphatic rings. The molecule has 3 heterocycles. The van der Waals surface area contributed by atoms with Crippen molar-refractivity contribution in [3.63, 3.8) is 0 Å². The van der Waals surface area contributed by atoms with Gasteiger partial charge < -0.3 is 20.4 Å². The first kappa shape index (κ1) is 22.4. The minimum Gasteiger partial charge on any atom is -0.356 e. The predicted molar refractivity (Wildman–Crippen MR) is 130 cm³/mol. The van der Waals surface area contributed by atoms with Crippen LogP contribution >= 0.6 is 0 Å². The van der Waals surface area contributed by atoms with Crippen LogP contribution in [-0.4, -0.2) is 49.0 Å². The summed E-state index contributed by atoms with van der Waals surface area (Å²) in [5, 5.41) is 5.42. The summed E-state index contributed by atoms with van der Waals surface area (Å²) < 4.78 is 13.6. The van der Waals surface area contributed by atoms with Crippen molar-refractivity contribution >= 4 is 29.1 Å². The smallest absolute Gasteiger partial charge is 0.321 e. The van der Waals surface area contributed by atoms with Crippen LogP contribution in [0.15, 0.2) is 47.5 Å². The van der Waals surface area contributed by atoms with Crippen LogP contribution < -0.4 is 15.5 Å². The molecule has 2 saturated heterocycles. The van der Waals surface area contributed by atoms with Crippen LogP contribution in [0.25, 0.3) is 0 Å². The van der Waals surface area contributed by atoms with Crippen LogP contribution in [0.5, 0.6) is 0 Å². The van der Waals surface area contributed by atoms with E-state index in [9.17, 15) is 14.0 Å². The van der Waals surface area contributed by atoms with E-state index in [1.807, 2.05) is 24.3 Å². The number of aryl methyl sites for hydroxylation is 1. The van der Waals surface area contributed by atoms with E-state index in [0.717, 1.165) is 30.2 Å². The van der Waals surface area contributed by atoms with Gasteiger partial charge in [-0.1, -0.05) is 12.1 Å². The van der Waals surface area contributed by atoms with Gasteiger partial charge in [0.25, 0.3) is 5.91 Å². The van der Waals surface area contributed by atoms with E-state index in [4.69, 9.17) is 4.99 Å². The third-order valence-corrected chi connectivity index (χ3v) is 7.23. The van der Waals surface area contributed by atoms with Crippen molar-refractivity contribution in [2.45, 2.75) is 38.8 Å². The first-order valence-electron chi connectivity index (χ1n) is 11.9. The Labute approximate surface area is 199 Å². The van der Waals surface area contributed by atoms with Crippen molar-refractivity contribution < 1.29 is 14.0 Å². The number of likely N-dealkylation sites (N-methyl/N-ethyl adjacent to an activating group) is 1. The van der Waals surface area contributed by atoms with Crippen molar-refractivity contribution in [1.82, 2.24) is 10.2 Å². The van der Waals surface area contributed by atoms with Gasteiger partial charge >= 0.3 is 6.03 Å². The van der Waals surface area contributed by atoms with Gasteiger partial charge in [0.15, 0.2) is 0 Å². The largest absolute Gasteiger partial charge is 0.356 e. The topological polar surface area (TPSA) is 77.0 Å². The number of aliphatic imine (C=N–C) groups is 1. The third kappa shape index (κ3) is 4.36. The average Bonchev–Trinajstić information content (AvgIpc) is 3.20. The fourth-order valence-corrected chi connectivity index (χ4v) is 5.33. The fraction of sp³-hybridized carbons (Fsp3) is 0.423. The molecular formula is C26H30FN5O2. The molecular weight excluding hydrogens is 433 g/mol. The Kier molecular flexibility index (Phi) is 5.98. The molecule has 2 aromatic rings. The number of nitrogens with one attached hydrogen (secondary N) is 2. The number of fused-ring (bicyclic) bond motifs is 5. The van der Waals surface area contributed by atoms with Gasteiger partial charge in [0.2, 0.25) is 6.17 Å².